The zero-order valence-electron chi connectivity index (χ0n) is 11.7. The van der Waals surface area contributed by atoms with Crippen LogP contribution in [0.5, 0.6) is 0 Å². The average Bonchev–Trinajstić information content (AvgIpc) is 2.78. The Hall–Kier alpha value is -1.82. The molecule has 0 fully saturated rings. The molecule has 0 bridgehead atoms. The number of fused-ring (bicyclic) bond motifs is 1. The van der Waals surface area contributed by atoms with E-state index in [4.69, 9.17) is 0 Å². The van der Waals surface area contributed by atoms with Gasteiger partial charge in [0, 0.05) is 29.9 Å². The Bertz CT molecular complexity index is 745. The molecule has 0 aliphatic carbocycles. The number of sulfone groups is 1. The molecule has 0 saturated heterocycles. The first-order chi connectivity index (χ1) is 9.22. The van der Waals surface area contributed by atoms with Crippen LogP contribution < -0.4 is 5.32 Å². The molecule has 1 heterocycles. The van der Waals surface area contributed by atoms with E-state index in [0.717, 1.165) is 10.9 Å². The Morgan fingerprint density at radius 2 is 1.95 bits per heavy atom. The minimum Gasteiger partial charge on any atom is -0.360 e. The minimum absolute atomic E-state index is 0.0736. The third-order valence-corrected chi connectivity index (χ3v) is 5.66. The quantitative estimate of drug-likeness (QED) is 0.901. The lowest BCUT2D eigenvalue weighted by atomic mass is 10.1. The number of hydrogen-bond donors (Lipinski definition) is 2. The lowest BCUT2D eigenvalue weighted by molar-refractivity contribution is 0.0952. The van der Waals surface area contributed by atoms with Crippen molar-refractivity contribution in [3.05, 3.63) is 36.0 Å². The molecule has 0 saturated carbocycles. The second-order valence-corrected chi connectivity index (χ2v) is 8.11. The molecule has 0 aliphatic rings. The van der Waals surface area contributed by atoms with Crippen molar-refractivity contribution in [3.8, 4) is 0 Å². The summed E-state index contributed by atoms with van der Waals surface area (Å²) in [7, 11) is -3.23. The highest BCUT2D eigenvalue weighted by atomic mass is 32.2. The predicted molar refractivity (Wildman–Crippen MR) is 79.6 cm³/mol. The lowest BCUT2D eigenvalue weighted by Crippen LogP contribution is -2.43. The molecule has 0 atom stereocenters. The second-order valence-electron chi connectivity index (χ2n) is 5.46. The van der Waals surface area contributed by atoms with E-state index < -0.39 is 14.6 Å². The second kappa shape index (κ2) is 4.94. The summed E-state index contributed by atoms with van der Waals surface area (Å²) < 4.78 is 22.2. The van der Waals surface area contributed by atoms with E-state index in [1.807, 2.05) is 24.3 Å². The van der Waals surface area contributed by atoms with Gasteiger partial charge in [0.05, 0.1) is 10.3 Å². The van der Waals surface area contributed by atoms with Gasteiger partial charge in [0.15, 0.2) is 9.84 Å². The summed E-state index contributed by atoms with van der Waals surface area (Å²) >= 11 is 0. The Morgan fingerprint density at radius 1 is 1.30 bits per heavy atom. The van der Waals surface area contributed by atoms with Gasteiger partial charge in [-0.1, -0.05) is 18.2 Å². The number of aromatic amines is 1. The molecule has 6 heteroatoms. The van der Waals surface area contributed by atoms with Crippen LogP contribution in [0.1, 0.15) is 24.2 Å². The molecule has 20 heavy (non-hydrogen) atoms. The van der Waals surface area contributed by atoms with E-state index in [9.17, 15) is 13.2 Å². The number of carbonyl (C=O) groups is 1. The van der Waals surface area contributed by atoms with Crippen LogP contribution in [-0.2, 0) is 9.84 Å². The van der Waals surface area contributed by atoms with Crippen LogP contribution >= 0.6 is 0 Å². The monoisotopic (exact) mass is 294 g/mol. The van der Waals surface area contributed by atoms with Gasteiger partial charge in [-0.15, -0.1) is 0 Å². The third-order valence-electron chi connectivity index (χ3n) is 3.51. The zero-order chi connectivity index (χ0) is 15.0. The third kappa shape index (κ3) is 2.70. The maximum Gasteiger partial charge on any atom is 0.253 e. The molecule has 108 valence electrons. The molecule has 1 aromatic heterocycles. The topological polar surface area (TPSA) is 79.0 Å². The number of rotatable bonds is 4. The molecule has 0 radical (unpaired) electrons. The number of hydrogen-bond acceptors (Lipinski definition) is 3. The van der Waals surface area contributed by atoms with E-state index in [-0.39, 0.29) is 12.5 Å². The summed E-state index contributed by atoms with van der Waals surface area (Å²) in [6, 6.07) is 7.47. The van der Waals surface area contributed by atoms with Crippen molar-refractivity contribution >= 4 is 26.6 Å². The van der Waals surface area contributed by atoms with Crippen LogP contribution in [0.25, 0.3) is 10.9 Å². The minimum atomic E-state index is -3.23. The van der Waals surface area contributed by atoms with E-state index >= 15 is 0 Å². The summed E-state index contributed by atoms with van der Waals surface area (Å²) in [4.78, 5) is 15.2. The van der Waals surface area contributed by atoms with Crippen molar-refractivity contribution in [2.45, 2.75) is 18.6 Å². The van der Waals surface area contributed by atoms with Crippen LogP contribution in [-0.4, -0.2) is 36.9 Å². The van der Waals surface area contributed by atoms with Crippen LogP contribution in [0.15, 0.2) is 30.5 Å². The van der Waals surface area contributed by atoms with E-state index in [1.165, 1.54) is 6.26 Å². The largest absolute Gasteiger partial charge is 0.360 e. The SMILES string of the molecule is CC(C)(CNC(=O)c1c[nH]c2ccccc12)S(C)(=O)=O. The molecule has 0 unspecified atom stereocenters. The fourth-order valence-corrected chi connectivity index (χ4v) is 2.11. The van der Waals surface area contributed by atoms with Gasteiger partial charge in [0.25, 0.3) is 5.91 Å². The molecule has 0 spiro atoms. The molecular formula is C14H18N2O3S. The van der Waals surface area contributed by atoms with Crippen LogP contribution in [0.2, 0.25) is 0 Å². The van der Waals surface area contributed by atoms with Crippen molar-refractivity contribution in [1.82, 2.24) is 10.3 Å². The summed E-state index contributed by atoms with van der Waals surface area (Å²) in [5.41, 5.74) is 1.39. The number of H-pyrrole nitrogens is 1. The number of aromatic nitrogens is 1. The molecule has 0 aliphatic heterocycles. The zero-order valence-corrected chi connectivity index (χ0v) is 12.5. The summed E-state index contributed by atoms with van der Waals surface area (Å²) in [5.74, 6) is -0.279. The predicted octanol–water partition coefficient (Wildman–Crippen LogP) is 1.72. The first-order valence-electron chi connectivity index (χ1n) is 6.26. The number of benzene rings is 1. The fourth-order valence-electron chi connectivity index (χ4n) is 1.78. The van der Waals surface area contributed by atoms with E-state index in [0.29, 0.717) is 5.56 Å². The molecule has 1 aromatic carbocycles. The van der Waals surface area contributed by atoms with Gasteiger partial charge in [-0.2, -0.15) is 0 Å². The number of para-hydroxylation sites is 1. The highest BCUT2D eigenvalue weighted by Crippen LogP contribution is 2.18. The lowest BCUT2D eigenvalue weighted by Gasteiger charge is -2.22. The van der Waals surface area contributed by atoms with Gasteiger partial charge in [-0.3, -0.25) is 4.79 Å². The highest BCUT2D eigenvalue weighted by molar-refractivity contribution is 7.92. The Labute approximate surface area is 118 Å². The number of carbonyl (C=O) groups excluding carboxylic acids is 1. The summed E-state index contributed by atoms with van der Waals surface area (Å²) in [6.45, 7) is 3.26. The van der Waals surface area contributed by atoms with Gasteiger partial charge in [-0.25, -0.2) is 8.42 Å². The van der Waals surface area contributed by atoms with Crippen LogP contribution in [0.4, 0.5) is 0 Å². The Balaban J connectivity index is 2.18. The van der Waals surface area contributed by atoms with Gasteiger partial charge >= 0.3 is 0 Å². The van der Waals surface area contributed by atoms with Crippen molar-refractivity contribution in [2.24, 2.45) is 0 Å². The molecule has 5 nitrogen and oxygen atoms in total. The Kier molecular flexibility index (Phi) is 3.60. The number of amides is 1. The average molecular weight is 294 g/mol. The van der Waals surface area contributed by atoms with Crippen molar-refractivity contribution in [2.75, 3.05) is 12.8 Å². The van der Waals surface area contributed by atoms with Crippen LogP contribution in [0, 0.1) is 0 Å². The molecule has 1 amide bonds. The van der Waals surface area contributed by atoms with Crippen LogP contribution in [0.3, 0.4) is 0 Å². The normalized spacial score (nSPS) is 12.6. The summed E-state index contributed by atoms with van der Waals surface area (Å²) in [6.07, 6.45) is 2.80. The van der Waals surface area contributed by atoms with E-state index in [2.05, 4.69) is 10.3 Å². The standard InChI is InChI=1S/C14H18N2O3S/c1-14(2,20(3,18)19)9-16-13(17)11-8-15-12-7-5-4-6-10(11)12/h4-8,15H,9H2,1-3H3,(H,16,17). The molecule has 2 aromatic rings. The molecule has 2 rings (SSSR count). The smallest absolute Gasteiger partial charge is 0.253 e. The molecular weight excluding hydrogens is 276 g/mol. The van der Waals surface area contributed by atoms with Crippen molar-refractivity contribution in [1.29, 1.82) is 0 Å². The van der Waals surface area contributed by atoms with Gasteiger partial charge in [0.1, 0.15) is 0 Å². The maximum absolute atomic E-state index is 12.2. The fraction of sp³-hybridized carbons (Fsp3) is 0.357. The maximum atomic E-state index is 12.2. The Morgan fingerprint density at radius 3 is 2.60 bits per heavy atom. The summed E-state index contributed by atoms with van der Waals surface area (Å²) in [5, 5.41) is 3.51. The first-order valence-corrected chi connectivity index (χ1v) is 8.15. The molecule has 2 N–H and O–H groups in total. The van der Waals surface area contributed by atoms with Crippen molar-refractivity contribution in [3.63, 3.8) is 0 Å². The first kappa shape index (κ1) is 14.6. The number of nitrogens with one attached hydrogen (secondary N) is 2. The van der Waals surface area contributed by atoms with Gasteiger partial charge < -0.3 is 10.3 Å². The van der Waals surface area contributed by atoms with E-state index in [1.54, 1.807) is 20.0 Å². The van der Waals surface area contributed by atoms with Gasteiger partial charge in [0.2, 0.25) is 0 Å². The van der Waals surface area contributed by atoms with Gasteiger partial charge in [-0.05, 0) is 19.9 Å². The van der Waals surface area contributed by atoms with Crippen molar-refractivity contribution < 1.29 is 13.2 Å². The highest BCUT2D eigenvalue weighted by Gasteiger charge is 2.30.